The summed E-state index contributed by atoms with van der Waals surface area (Å²) in [6.45, 7) is 1.81. The number of nitrogens with zero attached hydrogens (tertiary/aromatic N) is 2. The quantitative estimate of drug-likeness (QED) is 0.773. The van der Waals surface area contributed by atoms with Gasteiger partial charge < -0.3 is 4.90 Å². The van der Waals surface area contributed by atoms with Gasteiger partial charge in [0.2, 0.25) is 0 Å². The molecule has 0 saturated heterocycles. The highest BCUT2D eigenvalue weighted by atomic mass is 35.5. The van der Waals surface area contributed by atoms with Crippen LogP contribution in [0.15, 0.2) is 29.3 Å². The summed E-state index contributed by atoms with van der Waals surface area (Å²) in [4.78, 5) is 18.5. The molecule has 2 rings (SSSR count). The van der Waals surface area contributed by atoms with Crippen molar-refractivity contribution in [3.05, 3.63) is 34.9 Å². The second-order valence-electron chi connectivity index (χ2n) is 4.18. The molecule has 0 atom stereocenters. The third-order valence-corrected chi connectivity index (χ3v) is 3.12. The van der Waals surface area contributed by atoms with E-state index in [2.05, 4.69) is 9.89 Å². The monoisotopic (exact) mass is 250 g/mol. The Morgan fingerprint density at radius 3 is 2.76 bits per heavy atom. The number of rotatable bonds is 3. The molecule has 0 saturated carbocycles. The summed E-state index contributed by atoms with van der Waals surface area (Å²) >= 11 is 5.79. The number of amidine groups is 1. The summed E-state index contributed by atoms with van der Waals surface area (Å²) < 4.78 is 0. The van der Waals surface area contributed by atoms with E-state index in [-0.39, 0.29) is 5.78 Å². The third-order valence-electron chi connectivity index (χ3n) is 2.87. The lowest BCUT2D eigenvalue weighted by atomic mass is 10.1. The Bertz CT molecular complexity index is 439. The molecule has 4 heteroatoms. The van der Waals surface area contributed by atoms with Crippen molar-refractivity contribution in [2.75, 3.05) is 20.1 Å². The first kappa shape index (κ1) is 12.1. The van der Waals surface area contributed by atoms with Gasteiger partial charge in [-0.1, -0.05) is 11.6 Å². The van der Waals surface area contributed by atoms with E-state index >= 15 is 0 Å². The van der Waals surface area contributed by atoms with Crippen molar-refractivity contribution in [3.8, 4) is 0 Å². The molecule has 0 fully saturated rings. The molecule has 90 valence electrons. The normalized spacial score (nSPS) is 15.6. The maximum atomic E-state index is 12.0. The molecule has 0 unspecified atom stereocenters. The van der Waals surface area contributed by atoms with E-state index in [1.807, 2.05) is 7.05 Å². The Hall–Kier alpha value is -1.35. The Morgan fingerprint density at radius 2 is 2.12 bits per heavy atom. The van der Waals surface area contributed by atoms with Gasteiger partial charge in [-0.15, -0.1) is 0 Å². The van der Waals surface area contributed by atoms with Gasteiger partial charge in [0.1, 0.15) is 5.84 Å². The van der Waals surface area contributed by atoms with Gasteiger partial charge in [-0.05, 0) is 30.7 Å². The number of hydrogen-bond acceptors (Lipinski definition) is 3. The van der Waals surface area contributed by atoms with Gasteiger partial charge in [0, 0.05) is 30.7 Å². The van der Waals surface area contributed by atoms with Gasteiger partial charge in [-0.25, -0.2) is 0 Å². The summed E-state index contributed by atoms with van der Waals surface area (Å²) in [5.74, 6) is 0.977. The van der Waals surface area contributed by atoms with Crippen LogP contribution in [0.3, 0.4) is 0 Å². The highest BCUT2D eigenvalue weighted by Gasteiger charge is 2.15. The van der Waals surface area contributed by atoms with E-state index in [0.717, 1.165) is 25.3 Å². The lowest BCUT2D eigenvalue weighted by molar-refractivity contribution is 0.0997. The van der Waals surface area contributed by atoms with Gasteiger partial charge >= 0.3 is 0 Å². The van der Waals surface area contributed by atoms with Crippen LogP contribution in [0.5, 0.6) is 0 Å². The van der Waals surface area contributed by atoms with E-state index in [9.17, 15) is 4.79 Å². The summed E-state index contributed by atoms with van der Waals surface area (Å²) in [5, 5.41) is 0.647. The SMILES string of the molecule is CN1CCCN=C1CC(=O)c1ccc(Cl)cc1. The van der Waals surface area contributed by atoms with Crippen molar-refractivity contribution in [1.82, 2.24) is 4.90 Å². The van der Waals surface area contributed by atoms with E-state index in [0.29, 0.717) is 17.0 Å². The molecule has 0 spiro atoms. The molecular weight excluding hydrogens is 236 g/mol. The van der Waals surface area contributed by atoms with Gasteiger partial charge in [-0.3, -0.25) is 9.79 Å². The maximum absolute atomic E-state index is 12.0. The van der Waals surface area contributed by atoms with E-state index in [1.54, 1.807) is 24.3 Å². The smallest absolute Gasteiger partial charge is 0.170 e. The van der Waals surface area contributed by atoms with Crippen LogP contribution < -0.4 is 0 Å². The minimum Gasteiger partial charge on any atom is -0.363 e. The topological polar surface area (TPSA) is 32.7 Å². The van der Waals surface area contributed by atoms with Gasteiger partial charge in [0.05, 0.1) is 6.42 Å². The number of benzene rings is 1. The predicted molar refractivity (Wildman–Crippen MR) is 69.9 cm³/mol. The highest BCUT2D eigenvalue weighted by molar-refractivity contribution is 6.30. The van der Waals surface area contributed by atoms with Crippen molar-refractivity contribution in [2.45, 2.75) is 12.8 Å². The zero-order chi connectivity index (χ0) is 12.3. The Balaban J connectivity index is 2.06. The standard InChI is InChI=1S/C13H15ClN2O/c1-16-8-2-7-15-13(16)9-12(17)10-3-5-11(14)6-4-10/h3-6H,2,7-9H2,1H3. The summed E-state index contributed by atoms with van der Waals surface area (Å²) in [6.07, 6.45) is 1.44. The molecule has 1 aliphatic heterocycles. The zero-order valence-electron chi connectivity index (χ0n) is 9.82. The van der Waals surface area contributed by atoms with E-state index < -0.39 is 0 Å². The van der Waals surface area contributed by atoms with Crippen LogP contribution in [0, 0.1) is 0 Å². The van der Waals surface area contributed by atoms with E-state index in [1.165, 1.54) is 0 Å². The second kappa shape index (κ2) is 5.32. The molecule has 0 amide bonds. The number of ketones is 1. The molecular formula is C13H15ClN2O. The van der Waals surface area contributed by atoms with Crippen molar-refractivity contribution in [3.63, 3.8) is 0 Å². The average molecular weight is 251 g/mol. The van der Waals surface area contributed by atoms with Crippen LogP contribution in [-0.4, -0.2) is 36.7 Å². The predicted octanol–water partition coefficient (Wildman–Crippen LogP) is 2.65. The maximum Gasteiger partial charge on any atom is 0.170 e. The lowest BCUT2D eigenvalue weighted by Gasteiger charge is -2.24. The minimum atomic E-state index is 0.0918. The molecule has 1 aliphatic rings. The molecule has 0 bridgehead atoms. The number of carbonyl (C=O) groups is 1. The first-order valence-electron chi connectivity index (χ1n) is 5.70. The lowest BCUT2D eigenvalue weighted by Crippen LogP contribution is -2.33. The second-order valence-corrected chi connectivity index (χ2v) is 4.62. The molecule has 3 nitrogen and oxygen atoms in total. The minimum absolute atomic E-state index is 0.0918. The van der Waals surface area contributed by atoms with Crippen LogP contribution in [0.4, 0.5) is 0 Å². The molecule has 1 aromatic rings. The average Bonchev–Trinajstić information content (AvgIpc) is 2.33. The van der Waals surface area contributed by atoms with Crippen molar-refractivity contribution >= 4 is 23.2 Å². The number of aliphatic imine (C=N–C) groups is 1. The first-order chi connectivity index (χ1) is 8.16. The van der Waals surface area contributed by atoms with Gasteiger partial charge in [0.15, 0.2) is 5.78 Å². The van der Waals surface area contributed by atoms with Crippen molar-refractivity contribution in [1.29, 1.82) is 0 Å². The molecule has 0 aliphatic carbocycles. The van der Waals surface area contributed by atoms with Crippen LogP contribution in [0.1, 0.15) is 23.2 Å². The number of hydrogen-bond donors (Lipinski definition) is 0. The number of carbonyl (C=O) groups excluding carboxylic acids is 1. The van der Waals surface area contributed by atoms with Crippen LogP contribution in [-0.2, 0) is 0 Å². The highest BCUT2D eigenvalue weighted by Crippen LogP contribution is 2.13. The molecule has 17 heavy (non-hydrogen) atoms. The molecule has 1 heterocycles. The summed E-state index contributed by atoms with van der Waals surface area (Å²) in [7, 11) is 1.98. The van der Waals surface area contributed by atoms with E-state index in [4.69, 9.17) is 11.6 Å². The fourth-order valence-corrected chi connectivity index (χ4v) is 1.96. The Labute approximate surface area is 106 Å². The number of Topliss-reactive ketones (excluding diaryl/α,β-unsaturated/α-hetero) is 1. The van der Waals surface area contributed by atoms with Gasteiger partial charge in [0.25, 0.3) is 0 Å². The number of halogens is 1. The Morgan fingerprint density at radius 1 is 1.41 bits per heavy atom. The third kappa shape index (κ3) is 3.07. The van der Waals surface area contributed by atoms with Crippen LogP contribution >= 0.6 is 11.6 Å². The first-order valence-corrected chi connectivity index (χ1v) is 6.08. The van der Waals surface area contributed by atoms with Crippen molar-refractivity contribution < 1.29 is 4.79 Å². The zero-order valence-corrected chi connectivity index (χ0v) is 10.6. The molecule has 1 aromatic carbocycles. The fourth-order valence-electron chi connectivity index (χ4n) is 1.84. The fraction of sp³-hybridized carbons (Fsp3) is 0.385. The van der Waals surface area contributed by atoms with Crippen molar-refractivity contribution in [2.24, 2.45) is 4.99 Å². The Kier molecular flexibility index (Phi) is 3.79. The molecule has 0 aromatic heterocycles. The molecule has 0 N–H and O–H groups in total. The van der Waals surface area contributed by atoms with Gasteiger partial charge in [-0.2, -0.15) is 0 Å². The molecule has 0 radical (unpaired) electrons. The largest absolute Gasteiger partial charge is 0.363 e. The summed E-state index contributed by atoms with van der Waals surface area (Å²) in [6, 6.07) is 6.99. The van der Waals surface area contributed by atoms with Crippen LogP contribution in [0.25, 0.3) is 0 Å². The summed E-state index contributed by atoms with van der Waals surface area (Å²) in [5.41, 5.74) is 0.691. The van der Waals surface area contributed by atoms with Crippen LogP contribution in [0.2, 0.25) is 5.02 Å².